The summed E-state index contributed by atoms with van der Waals surface area (Å²) in [6.45, 7) is 15.3. The maximum absolute atomic E-state index is 5.84. The molecule has 2 aliphatic rings. The molecule has 0 unspecified atom stereocenters. The Bertz CT molecular complexity index is 248. The van der Waals surface area contributed by atoms with Crippen LogP contribution in [-0.4, -0.2) is 6.54 Å². The van der Waals surface area contributed by atoms with E-state index < -0.39 is 0 Å². The summed E-state index contributed by atoms with van der Waals surface area (Å²) in [5.41, 5.74) is 7.40. The SMILES string of the molecule is CC1(C)[C@H](CN)[C@H]1C1C(C)(C)C1(C)C. The zero-order valence-corrected chi connectivity index (χ0v) is 10.5. The van der Waals surface area contributed by atoms with Gasteiger partial charge in [0.1, 0.15) is 0 Å². The third-order valence-electron chi connectivity index (χ3n) is 5.88. The van der Waals surface area contributed by atoms with Crippen molar-refractivity contribution in [3.05, 3.63) is 0 Å². The Morgan fingerprint density at radius 2 is 1.36 bits per heavy atom. The summed E-state index contributed by atoms with van der Waals surface area (Å²) in [6, 6.07) is 0. The Balaban J connectivity index is 2.15. The van der Waals surface area contributed by atoms with E-state index in [-0.39, 0.29) is 0 Å². The summed E-state index contributed by atoms with van der Waals surface area (Å²) in [4.78, 5) is 0. The lowest BCUT2D eigenvalue weighted by molar-refractivity contribution is 0.446. The van der Waals surface area contributed by atoms with E-state index in [1.807, 2.05) is 0 Å². The molecule has 1 nitrogen and oxygen atoms in total. The molecule has 0 aromatic rings. The molecule has 2 aliphatic carbocycles. The van der Waals surface area contributed by atoms with Crippen LogP contribution in [0.5, 0.6) is 0 Å². The fourth-order valence-corrected chi connectivity index (χ4v) is 4.04. The van der Waals surface area contributed by atoms with Crippen LogP contribution in [0.15, 0.2) is 0 Å². The average molecular weight is 195 g/mol. The average Bonchev–Trinajstić information content (AvgIpc) is 2.65. The highest BCUT2D eigenvalue weighted by Crippen LogP contribution is 2.80. The van der Waals surface area contributed by atoms with Crippen LogP contribution in [0.3, 0.4) is 0 Å². The summed E-state index contributed by atoms with van der Waals surface area (Å²) >= 11 is 0. The molecule has 2 N–H and O–H groups in total. The summed E-state index contributed by atoms with van der Waals surface area (Å²) < 4.78 is 0. The minimum Gasteiger partial charge on any atom is -0.330 e. The van der Waals surface area contributed by atoms with Gasteiger partial charge in [0, 0.05) is 0 Å². The van der Waals surface area contributed by atoms with E-state index in [2.05, 4.69) is 41.5 Å². The van der Waals surface area contributed by atoms with Crippen molar-refractivity contribution in [3.8, 4) is 0 Å². The number of hydrogen-bond donors (Lipinski definition) is 1. The highest BCUT2D eigenvalue weighted by Gasteiger charge is 2.76. The minimum absolute atomic E-state index is 0.504. The second kappa shape index (κ2) is 2.37. The predicted octanol–water partition coefficient (Wildman–Crippen LogP) is 2.90. The van der Waals surface area contributed by atoms with Crippen molar-refractivity contribution >= 4 is 0 Å². The maximum Gasteiger partial charge on any atom is -0.00407 e. The third-order valence-corrected chi connectivity index (χ3v) is 5.88. The zero-order valence-electron chi connectivity index (χ0n) is 10.5. The van der Waals surface area contributed by atoms with Gasteiger partial charge in [-0.15, -0.1) is 0 Å². The van der Waals surface area contributed by atoms with Gasteiger partial charge in [-0.1, -0.05) is 41.5 Å². The lowest BCUT2D eigenvalue weighted by atomic mass is 10.0. The molecule has 0 aromatic heterocycles. The van der Waals surface area contributed by atoms with Crippen molar-refractivity contribution in [2.45, 2.75) is 41.5 Å². The fraction of sp³-hybridized carbons (Fsp3) is 1.00. The van der Waals surface area contributed by atoms with Gasteiger partial charge < -0.3 is 5.73 Å². The minimum atomic E-state index is 0.504. The summed E-state index contributed by atoms with van der Waals surface area (Å²) in [5.74, 6) is 2.53. The van der Waals surface area contributed by atoms with Gasteiger partial charge in [0.2, 0.25) is 0 Å². The molecule has 2 rings (SSSR count). The van der Waals surface area contributed by atoms with Crippen molar-refractivity contribution in [3.63, 3.8) is 0 Å². The van der Waals surface area contributed by atoms with Crippen molar-refractivity contribution in [2.24, 2.45) is 39.7 Å². The van der Waals surface area contributed by atoms with Crippen molar-refractivity contribution in [2.75, 3.05) is 6.54 Å². The van der Waals surface area contributed by atoms with Crippen LogP contribution in [0.1, 0.15) is 41.5 Å². The Hall–Kier alpha value is -0.0400. The van der Waals surface area contributed by atoms with E-state index in [9.17, 15) is 0 Å². The molecule has 0 saturated heterocycles. The molecule has 0 radical (unpaired) electrons. The van der Waals surface area contributed by atoms with E-state index in [4.69, 9.17) is 5.73 Å². The van der Waals surface area contributed by atoms with Gasteiger partial charge in [-0.2, -0.15) is 0 Å². The second-order valence-corrected chi connectivity index (χ2v) is 7.11. The Kier molecular flexibility index (Phi) is 1.77. The first kappa shape index (κ1) is 10.5. The second-order valence-electron chi connectivity index (χ2n) is 7.11. The fourth-order valence-electron chi connectivity index (χ4n) is 4.04. The smallest absolute Gasteiger partial charge is 0.00407 e. The number of rotatable bonds is 2. The van der Waals surface area contributed by atoms with E-state index in [0.717, 1.165) is 24.3 Å². The molecular weight excluding hydrogens is 170 g/mol. The molecule has 0 amide bonds. The first-order valence-corrected chi connectivity index (χ1v) is 5.89. The molecule has 14 heavy (non-hydrogen) atoms. The monoisotopic (exact) mass is 195 g/mol. The first-order chi connectivity index (χ1) is 6.19. The number of nitrogens with two attached hydrogens (primary N) is 1. The lowest BCUT2D eigenvalue weighted by Gasteiger charge is -2.04. The highest BCUT2D eigenvalue weighted by molar-refractivity contribution is 5.23. The van der Waals surface area contributed by atoms with Gasteiger partial charge >= 0.3 is 0 Å². The molecule has 2 atom stereocenters. The molecule has 2 saturated carbocycles. The molecule has 0 aliphatic heterocycles. The summed E-state index contributed by atoms with van der Waals surface area (Å²) in [7, 11) is 0. The molecule has 2 fully saturated rings. The lowest BCUT2D eigenvalue weighted by Crippen LogP contribution is -2.05. The standard InChI is InChI=1S/C13H25N/c1-11(2)8(7-14)9(11)10-12(3,4)13(10,5)6/h8-10H,7,14H2,1-6H3/t8-,9+/m1/s1. The van der Waals surface area contributed by atoms with E-state index >= 15 is 0 Å². The van der Waals surface area contributed by atoms with Crippen LogP contribution in [0.2, 0.25) is 0 Å². The van der Waals surface area contributed by atoms with Crippen LogP contribution in [0.4, 0.5) is 0 Å². The van der Waals surface area contributed by atoms with Gasteiger partial charge in [0.15, 0.2) is 0 Å². The van der Waals surface area contributed by atoms with Crippen molar-refractivity contribution < 1.29 is 0 Å². The summed E-state index contributed by atoms with van der Waals surface area (Å²) in [5, 5.41) is 0. The van der Waals surface area contributed by atoms with E-state index in [1.54, 1.807) is 0 Å². The molecule has 0 spiro atoms. The zero-order chi connectivity index (χ0) is 10.9. The van der Waals surface area contributed by atoms with Crippen LogP contribution in [0.25, 0.3) is 0 Å². The van der Waals surface area contributed by atoms with E-state index in [0.29, 0.717) is 16.2 Å². The van der Waals surface area contributed by atoms with E-state index in [1.165, 1.54) is 0 Å². The van der Waals surface area contributed by atoms with Gasteiger partial charge in [-0.25, -0.2) is 0 Å². The highest BCUT2D eigenvalue weighted by atomic mass is 14.8. The molecule has 82 valence electrons. The van der Waals surface area contributed by atoms with Crippen molar-refractivity contribution in [1.82, 2.24) is 0 Å². The quantitative estimate of drug-likeness (QED) is 0.720. The van der Waals surface area contributed by atoms with Gasteiger partial charge in [-0.3, -0.25) is 0 Å². The predicted molar refractivity (Wildman–Crippen MR) is 60.9 cm³/mol. The number of hydrogen-bond acceptors (Lipinski definition) is 1. The molecule has 0 bridgehead atoms. The Morgan fingerprint density at radius 1 is 0.929 bits per heavy atom. The van der Waals surface area contributed by atoms with Gasteiger partial charge in [0.25, 0.3) is 0 Å². The molecular formula is C13H25N. The van der Waals surface area contributed by atoms with Gasteiger partial charge in [-0.05, 0) is 40.5 Å². The van der Waals surface area contributed by atoms with Gasteiger partial charge in [0.05, 0.1) is 0 Å². The molecule has 0 aromatic carbocycles. The maximum atomic E-state index is 5.84. The van der Waals surface area contributed by atoms with Crippen LogP contribution >= 0.6 is 0 Å². The van der Waals surface area contributed by atoms with Crippen molar-refractivity contribution in [1.29, 1.82) is 0 Å². The Morgan fingerprint density at radius 3 is 1.57 bits per heavy atom. The Labute approximate surface area is 88.4 Å². The third kappa shape index (κ3) is 0.946. The van der Waals surface area contributed by atoms with Crippen LogP contribution in [0, 0.1) is 34.0 Å². The summed E-state index contributed by atoms with van der Waals surface area (Å²) in [6.07, 6.45) is 0. The topological polar surface area (TPSA) is 26.0 Å². The van der Waals surface area contributed by atoms with Crippen LogP contribution in [-0.2, 0) is 0 Å². The normalized spacial score (nSPS) is 42.2. The molecule has 0 heterocycles. The largest absolute Gasteiger partial charge is 0.330 e. The van der Waals surface area contributed by atoms with Crippen LogP contribution < -0.4 is 5.73 Å². The first-order valence-electron chi connectivity index (χ1n) is 5.89. The molecule has 1 heteroatoms.